The Balaban J connectivity index is 1.83. The van der Waals surface area contributed by atoms with E-state index in [9.17, 15) is 0 Å². The van der Waals surface area contributed by atoms with Crippen LogP contribution >= 0.6 is 0 Å². The lowest BCUT2D eigenvalue weighted by Crippen LogP contribution is -2.27. The van der Waals surface area contributed by atoms with Crippen molar-refractivity contribution in [2.75, 3.05) is 0 Å². The fraction of sp³-hybridized carbons (Fsp3) is 0.111. The second-order valence-corrected chi connectivity index (χ2v) is 7.58. The monoisotopic (exact) mass is 344 g/mol. The summed E-state index contributed by atoms with van der Waals surface area (Å²) in [5, 5.41) is 0. The highest BCUT2D eigenvalue weighted by molar-refractivity contribution is 6.00. The van der Waals surface area contributed by atoms with Crippen LogP contribution in [0.4, 0.5) is 0 Å². The minimum atomic E-state index is -0.200. The summed E-state index contributed by atoms with van der Waals surface area (Å²) < 4.78 is 0. The topological polar surface area (TPSA) is 0 Å². The van der Waals surface area contributed by atoms with Crippen molar-refractivity contribution in [2.24, 2.45) is 0 Å². The third kappa shape index (κ3) is 1.78. The minimum Gasteiger partial charge on any atom is -0.0804 e. The van der Waals surface area contributed by atoms with Gasteiger partial charge in [0.2, 0.25) is 0 Å². The highest BCUT2D eigenvalue weighted by Crippen LogP contribution is 2.62. The first-order valence-corrected chi connectivity index (χ1v) is 9.78. The zero-order valence-electron chi connectivity index (χ0n) is 15.2. The van der Waals surface area contributed by atoms with Crippen LogP contribution < -0.4 is 0 Å². The molecule has 2 aromatic carbocycles. The van der Waals surface area contributed by atoms with Gasteiger partial charge in [0, 0.05) is 0 Å². The third-order valence-electron chi connectivity index (χ3n) is 6.31. The van der Waals surface area contributed by atoms with Gasteiger partial charge >= 0.3 is 0 Å². The molecule has 0 aliphatic heterocycles. The summed E-state index contributed by atoms with van der Waals surface area (Å²) in [6.45, 7) is 0. The van der Waals surface area contributed by atoms with Crippen LogP contribution in [-0.2, 0) is 5.41 Å². The summed E-state index contributed by atoms with van der Waals surface area (Å²) in [4.78, 5) is 0. The molecule has 0 saturated heterocycles. The fourth-order valence-electron chi connectivity index (χ4n) is 5.34. The van der Waals surface area contributed by atoms with Crippen LogP contribution in [-0.4, -0.2) is 0 Å². The molecule has 6 rings (SSSR count). The zero-order chi connectivity index (χ0) is 17.8. The van der Waals surface area contributed by atoms with Crippen molar-refractivity contribution in [1.82, 2.24) is 0 Å². The standard InChI is InChI=1S/C27H20/c1-3-11-19-21-13-7-9-17-25(21)27(23(19)15-5-1)24-16-6-2-4-12-20(24)22-14-8-10-18-26(22)27/h3-18H,1-2H2. The van der Waals surface area contributed by atoms with Gasteiger partial charge in [-0.25, -0.2) is 0 Å². The number of rotatable bonds is 0. The molecule has 1 spiro atoms. The predicted molar refractivity (Wildman–Crippen MR) is 113 cm³/mol. The van der Waals surface area contributed by atoms with Crippen molar-refractivity contribution in [3.63, 3.8) is 0 Å². The molecule has 4 aliphatic rings. The lowest BCUT2D eigenvalue weighted by molar-refractivity contribution is 0.778. The van der Waals surface area contributed by atoms with E-state index in [1.807, 2.05) is 0 Å². The highest BCUT2D eigenvalue weighted by Gasteiger charge is 2.52. The fourth-order valence-corrected chi connectivity index (χ4v) is 5.34. The summed E-state index contributed by atoms with van der Waals surface area (Å²) in [6, 6.07) is 18.0. The van der Waals surface area contributed by atoms with E-state index in [1.165, 1.54) is 44.5 Å². The van der Waals surface area contributed by atoms with Crippen molar-refractivity contribution in [1.29, 1.82) is 0 Å². The summed E-state index contributed by atoms with van der Waals surface area (Å²) in [5.74, 6) is 0. The summed E-state index contributed by atoms with van der Waals surface area (Å²) in [6.07, 6.45) is 20.6. The maximum Gasteiger partial charge on any atom is 0.0725 e. The van der Waals surface area contributed by atoms with Crippen LogP contribution in [0.1, 0.15) is 35.1 Å². The molecule has 0 unspecified atom stereocenters. The molecule has 0 fully saturated rings. The Morgan fingerprint density at radius 2 is 0.963 bits per heavy atom. The van der Waals surface area contributed by atoms with E-state index in [0.717, 1.165) is 12.8 Å². The van der Waals surface area contributed by atoms with Crippen molar-refractivity contribution in [3.8, 4) is 0 Å². The number of hydrogen-bond acceptors (Lipinski definition) is 0. The van der Waals surface area contributed by atoms with Crippen molar-refractivity contribution in [3.05, 3.63) is 131 Å². The molecule has 0 atom stereocenters. The first kappa shape index (κ1) is 15.0. The van der Waals surface area contributed by atoms with Gasteiger partial charge in [-0.3, -0.25) is 0 Å². The van der Waals surface area contributed by atoms with Crippen molar-refractivity contribution in [2.45, 2.75) is 18.3 Å². The molecule has 0 heteroatoms. The van der Waals surface area contributed by atoms with Crippen LogP contribution in [0, 0.1) is 0 Å². The molecule has 0 aromatic heterocycles. The number of allylic oxidation sites excluding steroid dienone is 12. The van der Waals surface area contributed by atoms with E-state index in [4.69, 9.17) is 0 Å². The van der Waals surface area contributed by atoms with Gasteiger partial charge in [-0.15, -0.1) is 0 Å². The van der Waals surface area contributed by atoms with Crippen molar-refractivity contribution < 1.29 is 0 Å². The normalized spacial score (nSPS) is 20.4. The molecule has 0 N–H and O–H groups in total. The zero-order valence-corrected chi connectivity index (χ0v) is 15.2. The van der Waals surface area contributed by atoms with Crippen LogP contribution in [0.25, 0.3) is 11.1 Å². The molecule has 0 saturated carbocycles. The molecule has 0 nitrogen and oxygen atoms in total. The molecule has 0 heterocycles. The van der Waals surface area contributed by atoms with Gasteiger partial charge in [-0.1, -0.05) is 97.1 Å². The molecule has 0 bridgehead atoms. The van der Waals surface area contributed by atoms with Gasteiger partial charge in [0.25, 0.3) is 0 Å². The smallest absolute Gasteiger partial charge is 0.0725 e. The van der Waals surface area contributed by atoms with Gasteiger partial charge < -0.3 is 0 Å². The number of hydrogen-bond donors (Lipinski definition) is 0. The Hall–Kier alpha value is -3.12. The summed E-state index contributed by atoms with van der Waals surface area (Å²) >= 11 is 0. The van der Waals surface area contributed by atoms with Gasteiger partial charge in [-0.05, 0) is 57.4 Å². The largest absolute Gasteiger partial charge is 0.0804 e. The molecule has 27 heavy (non-hydrogen) atoms. The number of benzene rings is 2. The van der Waals surface area contributed by atoms with Gasteiger partial charge in [0.15, 0.2) is 0 Å². The first-order valence-electron chi connectivity index (χ1n) is 9.78. The first-order chi connectivity index (χ1) is 13.4. The quantitative estimate of drug-likeness (QED) is 0.509. The van der Waals surface area contributed by atoms with E-state index >= 15 is 0 Å². The Morgan fingerprint density at radius 3 is 1.48 bits per heavy atom. The molecular formula is C27H20. The second-order valence-electron chi connectivity index (χ2n) is 7.58. The molecule has 2 aromatic rings. The lowest BCUT2D eigenvalue weighted by atomic mass is 9.68. The average Bonchev–Trinajstić information content (AvgIpc) is 2.94. The van der Waals surface area contributed by atoms with E-state index in [1.54, 1.807) is 0 Å². The summed E-state index contributed by atoms with van der Waals surface area (Å²) in [7, 11) is 0. The highest BCUT2D eigenvalue weighted by atomic mass is 14.5. The van der Waals surface area contributed by atoms with Crippen LogP contribution in [0.15, 0.2) is 108 Å². The third-order valence-corrected chi connectivity index (χ3v) is 6.31. The Kier molecular flexibility index (Phi) is 3.02. The molecular weight excluding hydrogens is 324 g/mol. The minimum absolute atomic E-state index is 0.200. The van der Waals surface area contributed by atoms with Crippen LogP contribution in [0.2, 0.25) is 0 Å². The summed E-state index contributed by atoms with van der Waals surface area (Å²) in [5.41, 5.74) is 11.0. The van der Waals surface area contributed by atoms with E-state index in [2.05, 4.69) is 97.1 Å². The maximum atomic E-state index is 2.38. The second kappa shape index (κ2) is 5.44. The SMILES string of the molecule is C1=CC2=C(C=CC1)C1(C3=C(C=CCC=C3)c3ccccc31)c1ccccc12. The van der Waals surface area contributed by atoms with E-state index < -0.39 is 0 Å². The van der Waals surface area contributed by atoms with Gasteiger partial charge in [0.1, 0.15) is 0 Å². The Labute approximate surface area is 160 Å². The Morgan fingerprint density at radius 1 is 0.519 bits per heavy atom. The van der Waals surface area contributed by atoms with Gasteiger partial charge in [0.05, 0.1) is 5.41 Å². The molecule has 4 aliphatic carbocycles. The maximum absolute atomic E-state index is 2.38. The van der Waals surface area contributed by atoms with Crippen LogP contribution in [0.3, 0.4) is 0 Å². The average molecular weight is 344 g/mol. The van der Waals surface area contributed by atoms with E-state index in [-0.39, 0.29) is 5.41 Å². The predicted octanol–water partition coefficient (Wildman–Crippen LogP) is 6.54. The number of fused-ring (bicyclic) bond motifs is 8. The lowest BCUT2D eigenvalue weighted by Gasteiger charge is -2.32. The van der Waals surface area contributed by atoms with Crippen molar-refractivity contribution >= 4 is 11.1 Å². The Bertz CT molecular complexity index is 1060. The van der Waals surface area contributed by atoms with Gasteiger partial charge in [-0.2, -0.15) is 0 Å². The molecule has 0 amide bonds. The van der Waals surface area contributed by atoms with Crippen LogP contribution in [0.5, 0.6) is 0 Å². The molecule has 128 valence electrons. The van der Waals surface area contributed by atoms with E-state index in [0.29, 0.717) is 0 Å². The molecule has 0 radical (unpaired) electrons.